The van der Waals surface area contributed by atoms with Gasteiger partial charge in [-0.1, -0.05) is 88.6 Å². The molecule has 3 rings (SSSR count). The average Bonchev–Trinajstić information content (AvgIpc) is 2.68. The van der Waals surface area contributed by atoms with E-state index in [4.69, 9.17) is 0 Å². The van der Waals surface area contributed by atoms with E-state index in [0.29, 0.717) is 0 Å². The van der Waals surface area contributed by atoms with Crippen molar-refractivity contribution in [1.29, 1.82) is 0 Å². The third-order valence-electron chi connectivity index (χ3n) is 7.35. The van der Waals surface area contributed by atoms with Gasteiger partial charge in [0.25, 0.3) is 0 Å². The van der Waals surface area contributed by atoms with Crippen LogP contribution < -0.4 is 0 Å². The summed E-state index contributed by atoms with van der Waals surface area (Å²) in [4.78, 5) is 0. The fraction of sp³-hybridized carbons (Fsp3) is 0.760. The molecule has 25 heavy (non-hydrogen) atoms. The maximum absolute atomic E-state index is 2.33. The molecule has 0 spiro atoms. The van der Waals surface area contributed by atoms with Gasteiger partial charge in [-0.05, 0) is 67.8 Å². The molecule has 0 atom stereocenters. The SMILES string of the molecule is CCCCCC1CCC(C2CCC(CCc3ccccc3)CC2)CC1. The molecule has 0 heterocycles. The van der Waals surface area contributed by atoms with Gasteiger partial charge in [0.2, 0.25) is 0 Å². The normalized spacial score (nSPS) is 30.3. The summed E-state index contributed by atoms with van der Waals surface area (Å²) in [6, 6.07) is 11.1. The first-order chi connectivity index (χ1) is 12.3. The minimum absolute atomic E-state index is 1.00. The van der Waals surface area contributed by atoms with Crippen molar-refractivity contribution in [2.45, 2.75) is 96.8 Å². The first kappa shape index (κ1) is 19.0. The number of rotatable bonds is 8. The number of aryl methyl sites for hydroxylation is 1. The summed E-state index contributed by atoms with van der Waals surface area (Å²) in [6.45, 7) is 2.33. The summed E-state index contributed by atoms with van der Waals surface area (Å²) in [5.41, 5.74) is 1.53. The van der Waals surface area contributed by atoms with E-state index in [0.717, 1.165) is 23.7 Å². The highest BCUT2D eigenvalue weighted by atomic mass is 14.4. The van der Waals surface area contributed by atoms with Crippen molar-refractivity contribution in [3.8, 4) is 0 Å². The minimum atomic E-state index is 1.00. The molecule has 0 saturated heterocycles. The van der Waals surface area contributed by atoms with E-state index < -0.39 is 0 Å². The zero-order chi connectivity index (χ0) is 17.3. The van der Waals surface area contributed by atoms with Gasteiger partial charge in [0, 0.05) is 0 Å². The highest BCUT2D eigenvalue weighted by molar-refractivity contribution is 5.14. The van der Waals surface area contributed by atoms with Crippen LogP contribution in [0.2, 0.25) is 0 Å². The number of hydrogen-bond acceptors (Lipinski definition) is 0. The fourth-order valence-electron chi connectivity index (χ4n) is 5.60. The lowest BCUT2D eigenvalue weighted by Gasteiger charge is -2.38. The molecule has 2 fully saturated rings. The molecule has 0 unspecified atom stereocenters. The lowest BCUT2D eigenvalue weighted by atomic mass is 9.68. The number of unbranched alkanes of at least 4 members (excludes halogenated alkanes) is 2. The molecule has 0 nitrogen and oxygen atoms in total. The van der Waals surface area contributed by atoms with Crippen LogP contribution in [-0.4, -0.2) is 0 Å². The molecule has 0 radical (unpaired) electrons. The van der Waals surface area contributed by atoms with E-state index in [2.05, 4.69) is 37.3 Å². The van der Waals surface area contributed by atoms with Gasteiger partial charge in [0.05, 0.1) is 0 Å². The highest BCUT2D eigenvalue weighted by Gasteiger charge is 2.30. The Kier molecular flexibility index (Phi) is 7.89. The van der Waals surface area contributed by atoms with E-state index in [1.807, 2.05) is 0 Å². The summed E-state index contributed by atoms with van der Waals surface area (Å²) < 4.78 is 0. The monoisotopic (exact) mass is 340 g/mol. The molecule has 140 valence electrons. The van der Waals surface area contributed by atoms with Gasteiger partial charge in [-0.25, -0.2) is 0 Å². The third kappa shape index (κ3) is 6.15. The van der Waals surface area contributed by atoms with E-state index in [-0.39, 0.29) is 0 Å². The average molecular weight is 341 g/mol. The van der Waals surface area contributed by atoms with Crippen LogP contribution in [0.5, 0.6) is 0 Å². The van der Waals surface area contributed by atoms with Crippen LogP contribution in [0.15, 0.2) is 30.3 Å². The van der Waals surface area contributed by atoms with Crippen LogP contribution in [0.4, 0.5) is 0 Å². The van der Waals surface area contributed by atoms with Crippen LogP contribution in [0.25, 0.3) is 0 Å². The van der Waals surface area contributed by atoms with Gasteiger partial charge in [-0.15, -0.1) is 0 Å². The maximum Gasteiger partial charge on any atom is -0.0276 e. The van der Waals surface area contributed by atoms with Crippen LogP contribution in [0, 0.1) is 23.7 Å². The Labute approximate surface area is 156 Å². The Bertz CT molecular complexity index is 446. The zero-order valence-electron chi connectivity index (χ0n) is 16.6. The zero-order valence-corrected chi connectivity index (χ0v) is 16.6. The molecule has 0 aromatic heterocycles. The standard InChI is InChI=1S/C25H40/c1-2-3-5-8-22-13-17-24(18-14-22)25-19-15-23(16-20-25)12-11-21-9-6-4-7-10-21/h4,6-7,9-10,22-25H,2-3,5,8,11-20H2,1H3. The second kappa shape index (κ2) is 10.4. The van der Waals surface area contributed by atoms with E-state index in [1.54, 1.807) is 25.7 Å². The summed E-state index contributed by atoms with van der Waals surface area (Å²) in [5.74, 6) is 4.23. The summed E-state index contributed by atoms with van der Waals surface area (Å²) in [5, 5.41) is 0. The predicted molar refractivity (Wildman–Crippen MR) is 110 cm³/mol. The Hall–Kier alpha value is -0.780. The molecule has 0 amide bonds. The molecule has 2 saturated carbocycles. The summed E-state index contributed by atoms with van der Waals surface area (Å²) in [6.07, 6.45) is 20.8. The molecule has 0 aliphatic heterocycles. The molecule has 2 aliphatic carbocycles. The molecule has 1 aromatic rings. The van der Waals surface area contributed by atoms with Crippen LogP contribution in [-0.2, 0) is 6.42 Å². The second-order valence-corrected chi connectivity index (χ2v) is 9.08. The molecule has 2 aliphatic rings. The van der Waals surface area contributed by atoms with Gasteiger partial charge in [-0.3, -0.25) is 0 Å². The fourth-order valence-corrected chi connectivity index (χ4v) is 5.60. The van der Waals surface area contributed by atoms with Crippen molar-refractivity contribution in [2.75, 3.05) is 0 Å². The molecule has 1 aromatic carbocycles. The smallest absolute Gasteiger partial charge is 0.0276 e. The Morgan fingerprint density at radius 2 is 1.24 bits per heavy atom. The summed E-state index contributed by atoms with van der Waals surface area (Å²) >= 11 is 0. The van der Waals surface area contributed by atoms with Crippen molar-refractivity contribution in [3.63, 3.8) is 0 Å². The third-order valence-corrected chi connectivity index (χ3v) is 7.35. The summed E-state index contributed by atoms with van der Waals surface area (Å²) in [7, 11) is 0. The van der Waals surface area contributed by atoms with E-state index >= 15 is 0 Å². The molecule has 0 heteroatoms. The molecule has 0 N–H and O–H groups in total. The minimum Gasteiger partial charge on any atom is -0.0654 e. The molecule has 0 bridgehead atoms. The quantitative estimate of drug-likeness (QED) is 0.423. The van der Waals surface area contributed by atoms with Crippen molar-refractivity contribution >= 4 is 0 Å². The van der Waals surface area contributed by atoms with Crippen molar-refractivity contribution in [3.05, 3.63) is 35.9 Å². The first-order valence-electron chi connectivity index (χ1n) is 11.4. The Morgan fingerprint density at radius 1 is 0.680 bits per heavy atom. The topological polar surface area (TPSA) is 0 Å². The van der Waals surface area contributed by atoms with Gasteiger partial charge in [0.15, 0.2) is 0 Å². The van der Waals surface area contributed by atoms with Crippen molar-refractivity contribution in [2.24, 2.45) is 23.7 Å². The van der Waals surface area contributed by atoms with Gasteiger partial charge in [-0.2, -0.15) is 0 Å². The van der Waals surface area contributed by atoms with Crippen LogP contribution in [0.3, 0.4) is 0 Å². The number of hydrogen-bond donors (Lipinski definition) is 0. The molecular weight excluding hydrogens is 300 g/mol. The Balaban J connectivity index is 1.31. The largest absolute Gasteiger partial charge is 0.0654 e. The van der Waals surface area contributed by atoms with Gasteiger partial charge < -0.3 is 0 Å². The van der Waals surface area contributed by atoms with Crippen molar-refractivity contribution in [1.82, 2.24) is 0 Å². The first-order valence-corrected chi connectivity index (χ1v) is 11.4. The van der Waals surface area contributed by atoms with E-state index in [9.17, 15) is 0 Å². The van der Waals surface area contributed by atoms with Crippen molar-refractivity contribution < 1.29 is 0 Å². The molecular formula is C25H40. The second-order valence-electron chi connectivity index (χ2n) is 9.08. The maximum atomic E-state index is 2.33. The number of benzene rings is 1. The van der Waals surface area contributed by atoms with Crippen LogP contribution >= 0.6 is 0 Å². The van der Waals surface area contributed by atoms with E-state index in [1.165, 1.54) is 69.8 Å². The van der Waals surface area contributed by atoms with Gasteiger partial charge >= 0.3 is 0 Å². The highest BCUT2D eigenvalue weighted by Crippen LogP contribution is 2.43. The lowest BCUT2D eigenvalue weighted by molar-refractivity contribution is 0.140. The Morgan fingerprint density at radius 3 is 1.80 bits per heavy atom. The lowest BCUT2D eigenvalue weighted by Crippen LogP contribution is -2.26. The van der Waals surface area contributed by atoms with Crippen LogP contribution in [0.1, 0.15) is 96.0 Å². The van der Waals surface area contributed by atoms with Gasteiger partial charge in [0.1, 0.15) is 0 Å². The predicted octanol–water partition coefficient (Wildman–Crippen LogP) is 7.81.